The lowest BCUT2D eigenvalue weighted by molar-refractivity contribution is 0.0683. The Morgan fingerprint density at radius 1 is 0.208 bits per heavy atom. The van der Waals surface area contributed by atoms with Crippen molar-refractivity contribution in [2.24, 2.45) is 0 Å². The van der Waals surface area contributed by atoms with Crippen molar-refractivity contribution in [1.29, 1.82) is 0 Å². The van der Waals surface area contributed by atoms with Crippen LogP contribution in [0.2, 0.25) is 0 Å². The lowest BCUT2D eigenvalue weighted by Crippen LogP contribution is -2.10. The first-order valence-corrected chi connectivity index (χ1v) is 30.6. The van der Waals surface area contributed by atoms with Gasteiger partial charge in [0, 0.05) is 49.9 Å². The Kier molecular flexibility index (Phi) is 18.9. The number of rotatable bonds is 12. The molecule has 0 atom stereocenters. The Morgan fingerprint density at radius 3 is 0.896 bits per heavy atom. The van der Waals surface area contributed by atoms with Crippen LogP contribution in [0.5, 0.6) is 0 Å². The summed E-state index contributed by atoms with van der Waals surface area (Å²) in [6.07, 6.45) is 0. The third-order valence-electron chi connectivity index (χ3n) is 17.1. The molecule has 0 spiro atoms. The van der Waals surface area contributed by atoms with Crippen LogP contribution < -0.4 is 0 Å². The number of carboxylic acid groups (broad SMARTS) is 4. The number of hydrogen-bond donors (Lipinski definition) is 4. The van der Waals surface area contributed by atoms with Crippen LogP contribution in [0.3, 0.4) is 0 Å². The van der Waals surface area contributed by atoms with Crippen molar-refractivity contribution in [2.75, 3.05) is 0 Å². The zero-order valence-corrected chi connectivity index (χ0v) is 52.5. The molecule has 0 aliphatic rings. The first-order valence-electron chi connectivity index (χ1n) is 30.6. The smallest absolute Gasteiger partial charge is 0.336 e. The fraction of sp³-hybridized carbons (Fsp3) is 0.0476. The minimum absolute atomic E-state index is 0.0251. The Hall–Kier alpha value is -12.8. The second-order valence-electron chi connectivity index (χ2n) is 23.0. The van der Waals surface area contributed by atoms with Crippen LogP contribution in [0, 0.1) is 27.7 Å². The van der Waals surface area contributed by atoms with Crippen LogP contribution in [0.15, 0.2) is 267 Å². The van der Waals surface area contributed by atoms with Crippen molar-refractivity contribution in [2.45, 2.75) is 27.7 Å². The maximum Gasteiger partial charge on any atom is 0.336 e. The van der Waals surface area contributed by atoms with E-state index < -0.39 is 23.9 Å². The summed E-state index contributed by atoms with van der Waals surface area (Å²) < 4.78 is 0. The number of carbonyl (C=O) groups excluding carboxylic acids is 4. The van der Waals surface area contributed by atoms with Crippen molar-refractivity contribution < 1.29 is 58.8 Å². The molecular formula is C84H60O12. The molecule has 0 aliphatic carbocycles. The summed E-state index contributed by atoms with van der Waals surface area (Å²) in [6, 6.07) is 79.1. The summed E-state index contributed by atoms with van der Waals surface area (Å²) in [5.41, 5.74) is 8.32. The van der Waals surface area contributed by atoms with Crippen molar-refractivity contribution >= 4 is 112 Å². The molecule has 14 aromatic rings. The van der Waals surface area contributed by atoms with Gasteiger partial charge in [0.15, 0.2) is 23.1 Å². The molecule has 14 rings (SSSR count). The fourth-order valence-corrected chi connectivity index (χ4v) is 12.1. The maximum atomic E-state index is 13.4. The number of carboxylic acids is 4. The van der Waals surface area contributed by atoms with Gasteiger partial charge in [-0.15, -0.1) is 0 Å². The average molecular weight is 1260 g/mol. The Labute approximate surface area is 551 Å². The van der Waals surface area contributed by atoms with Crippen molar-refractivity contribution in [1.82, 2.24) is 0 Å². The molecule has 0 fully saturated rings. The second-order valence-corrected chi connectivity index (χ2v) is 23.0. The van der Waals surface area contributed by atoms with Gasteiger partial charge >= 0.3 is 23.9 Å². The minimum Gasteiger partial charge on any atom is -0.478 e. The van der Waals surface area contributed by atoms with Gasteiger partial charge < -0.3 is 20.4 Å². The Bertz CT molecular complexity index is 5500. The van der Waals surface area contributed by atoms with E-state index >= 15 is 0 Å². The molecule has 0 heterocycles. The molecule has 0 saturated heterocycles. The van der Waals surface area contributed by atoms with E-state index in [-0.39, 0.29) is 56.5 Å². The molecule has 96 heavy (non-hydrogen) atoms. The SMILES string of the molecule is Cc1ccc(C(=O)c2cc3ccccc3cc2C(=O)O)c2ccccc12.Cc1ccc(C(=O)c2ccc(C(=O)O)cc2)c2ccccc12.Cc1ccc(C(=O)c2cccc3cccc(C(=O)O)c23)c2ccccc12.Cc1ccc(C(=O)c2ccccc2C(=O)O)c2ccccc12. The molecular weight excluding hydrogens is 1200 g/mol. The van der Waals surface area contributed by atoms with E-state index in [1.165, 1.54) is 24.3 Å². The van der Waals surface area contributed by atoms with Crippen LogP contribution in [-0.4, -0.2) is 67.4 Å². The molecule has 14 aromatic carbocycles. The summed E-state index contributed by atoms with van der Waals surface area (Å²) in [5, 5.41) is 47.8. The number of benzene rings is 14. The van der Waals surface area contributed by atoms with Crippen LogP contribution in [0.4, 0.5) is 0 Å². The van der Waals surface area contributed by atoms with Gasteiger partial charge in [-0.25, -0.2) is 19.2 Å². The van der Waals surface area contributed by atoms with Crippen molar-refractivity contribution in [3.8, 4) is 0 Å². The molecule has 468 valence electrons. The molecule has 12 nitrogen and oxygen atoms in total. The van der Waals surface area contributed by atoms with Crippen LogP contribution in [0.25, 0.3) is 64.6 Å². The van der Waals surface area contributed by atoms with E-state index in [0.29, 0.717) is 38.8 Å². The van der Waals surface area contributed by atoms with Crippen LogP contribution >= 0.6 is 0 Å². The lowest BCUT2D eigenvalue weighted by atomic mass is 9.91. The molecule has 12 heteroatoms. The quantitative estimate of drug-likeness (QED) is 0.0840. The normalized spacial score (nSPS) is 10.8. The van der Waals surface area contributed by atoms with E-state index in [9.17, 15) is 53.7 Å². The van der Waals surface area contributed by atoms with Gasteiger partial charge in [0.05, 0.1) is 22.3 Å². The highest BCUT2D eigenvalue weighted by Crippen LogP contribution is 2.33. The van der Waals surface area contributed by atoms with E-state index in [4.69, 9.17) is 5.11 Å². The van der Waals surface area contributed by atoms with Gasteiger partial charge in [0.25, 0.3) is 0 Å². The van der Waals surface area contributed by atoms with Gasteiger partial charge in [0.2, 0.25) is 0 Å². The minimum atomic E-state index is -1.10. The molecule has 4 N–H and O–H groups in total. The number of ketones is 4. The lowest BCUT2D eigenvalue weighted by Gasteiger charge is -2.11. The largest absolute Gasteiger partial charge is 0.478 e. The predicted octanol–water partition coefficient (Wildman–Crippen LogP) is 18.6. The summed E-state index contributed by atoms with van der Waals surface area (Å²) in [5.74, 6) is -5.05. The molecule has 0 radical (unpaired) electrons. The highest BCUT2D eigenvalue weighted by atomic mass is 16.4. The third-order valence-corrected chi connectivity index (χ3v) is 17.1. The van der Waals surface area contributed by atoms with Crippen molar-refractivity contribution in [3.05, 3.63) is 356 Å². The number of aryl methyl sites for hydroxylation is 4. The first-order chi connectivity index (χ1) is 46.3. The number of aromatic carboxylic acids is 4. The van der Waals surface area contributed by atoms with Gasteiger partial charge in [-0.05, 0) is 146 Å². The molecule has 0 unspecified atom stereocenters. The van der Waals surface area contributed by atoms with E-state index in [1.807, 2.05) is 198 Å². The summed E-state index contributed by atoms with van der Waals surface area (Å²) in [4.78, 5) is 97.8. The predicted molar refractivity (Wildman–Crippen MR) is 377 cm³/mol. The molecule has 0 aliphatic heterocycles. The fourth-order valence-electron chi connectivity index (χ4n) is 12.1. The third kappa shape index (κ3) is 13.2. The van der Waals surface area contributed by atoms with Crippen LogP contribution in [-0.2, 0) is 0 Å². The first kappa shape index (κ1) is 64.7. The van der Waals surface area contributed by atoms with Gasteiger partial charge in [-0.3, -0.25) is 19.2 Å². The summed E-state index contributed by atoms with van der Waals surface area (Å²) >= 11 is 0. The maximum absolute atomic E-state index is 13.4. The van der Waals surface area contributed by atoms with E-state index in [1.54, 1.807) is 72.8 Å². The van der Waals surface area contributed by atoms with Gasteiger partial charge in [0.1, 0.15) is 0 Å². The van der Waals surface area contributed by atoms with Crippen LogP contribution in [0.1, 0.15) is 127 Å². The zero-order chi connectivity index (χ0) is 67.9. The standard InChI is InChI=1S/2C23H16O3.2C19H14O3/c1-14-12-13-18(17-9-3-2-8-16(14)17)22(24)19-10-4-6-15-7-5-11-20(21(15)19)23(25)26;1-14-10-11-19(18-9-5-4-8-17(14)18)22(24)20-12-15-6-2-3-7-16(15)13-21(20)23(25)26;1-12-10-11-16(14-7-3-2-6-13(12)14)18(20)15-8-4-5-9-17(15)19(21)22;1-12-6-11-17(16-5-3-2-4-15(12)16)18(20)13-7-9-14(10-8-13)19(21)22/h2*2-13H,1H3,(H,25,26);2*2-11H,1H3,(H,21,22). The molecule has 0 amide bonds. The Balaban J connectivity index is 0.000000130. The monoisotopic (exact) mass is 1260 g/mol. The van der Waals surface area contributed by atoms with E-state index in [2.05, 4.69) is 0 Å². The highest BCUT2D eigenvalue weighted by molar-refractivity contribution is 6.25. The highest BCUT2D eigenvalue weighted by Gasteiger charge is 2.24. The van der Waals surface area contributed by atoms with Gasteiger partial charge in [-0.2, -0.15) is 0 Å². The number of carbonyl (C=O) groups is 8. The topological polar surface area (TPSA) is 217 Å². The molecule has 0 aromatic heterocycles. The molecule has 0 saturated carbocycles. The number of hydrogen-bond acceptors (Lipinski definition) is 8. The van der Waals surface area contributed by atoms with E-state index in [0.717, 1.165) is 81.5 Å². The van der Waals surface area contributed by atoms with Gasteiger partial charge in [-0.1, -0.05) is 231 Å². The average Bonchev–Trinajstić information content (AvgIpc) is 0.794. The summed E-state index contributed by atoms with van der Waals surface area (Å²) in [6.45, 7) is 8.01. The van der Waals surface area contributed by atoms with Crippen molar-refractivity contribution in [3.63, 3.8) is 0 Å². The summed E-state index contributed by atoms with van der Waals surface area (Å²) in [7, 11) is 0. The second kappa shape index (κ2) is 28.0. The Morgan fingerprint density at radius 2 is 0.500 bits per heavy atom. The zero-order valence-electron chi connectivity index (χ0n) is 52.5. The number of fused-ring (bicyclic) bond motifs is 6. The molecule has 0 bridgehead atoms.